The average Bonchev–Trinajstić information content (AvgIpc) is 2.60. The van der Waals surface area contributed by atoms with Crippen molar-refractivity contribution in [3.8, 4) is 17.2 Å². The van der Waals surface area contributed by atoms with Crippen LogP contribution in [0.3, 0.4) is 0 Å². The third-order valence-electron chi connectivity index (χ3n) is 3.10. The summed E-state index contributed by atoms with van der Waals surface area (Å²) in [7, 11) is 2.99. The molecule has 0 saturated heterocycles. The third-order valence-corrected chi connectivity index (χ3v) is 3.10. The van der Waals surface area contributed by atoms with Crippen molar-refractivity contribution in [3.63, 3.8) is 0 Å². The highest BCUT2D eigenvalue weighted by Gasteiger charge is 2.13. The third kappa shape index (κ3) is 4.39. The number of phenols is 1. The maximum absolute atomic E-state index is 11.9. The summed E-state index contributed by atoms with van der Waals surface area (Å²) in [5, 5.41) is 11.9. The van der Waals surface area contributed by atoms with E-state index >= 15 is 0 Å². The van der Waals surface area contributed by atoms with Gasteiger partial charge in [-0.1, -0.05) is 6.07 Å². The zero-order valence-electron chi connectivity index (χ0n) is 13.2. The second kappa shape index (κ2) is 7.87. The molecule has 0 radical (unpaired) electrons. The van der Waals surface area contributed by atoms with Gasteiger partial charge in [0.15, 0.2) is 6.61 Å². The van der Waals surface area contributed by atoms with Gasteiger partial charge in [0.25, 0.3) is 5.91 Å². The molecule has 2 N–H and O–H groups in total. The van der Waals surface area contributed by atoms with E-state index < -0.39 is 18.5 Å². The van der Waals surface area contributed by atoms with Crippen LogP contribution in [0.25, 0.3) is 0 Å². The lowest BCUT2D eigenvalue weighted by molar-refractivity contribution is -0.119. The van der Waals surface area contributed by atoms with E-state index in [-0.39, 0.29) is 11.3 Å². The monoisotopic (exact) mass is 331 g/mol. The molecule has 0 unspecified atom stereocenters. The van der Waals surface area contributed by atoms with Crippen LogP contribution in [0, 0.1) is 0 Å². The number of carbonyl (C=O) groups excluding carboxylic acids is 2. The maximum Gasteiger partial charge on any atom is 0.338 e. The van der Waals surface area contributed by atoms with Crippen LogP contribution in [-0.2, 0) is 9.53 Å². The number of esters is 1. The van der Waals surface area contributed by atoms with Gasteiger partial charge in [0, 0.05) is 6.07 Å². The van der Waals surface area contributed by atoms with Crippen LogP contribution in [0.4, 0.5) is 5.69 Å². The Morgan fingerprint density at radius 2 is 1.88 bits per heavy atom. The molecule has 0 aromatic heterocycles. The van der Waals surface area contributed by atoms with Crippen LogP contribution in [0.15, 0.2) is 42.5 Å². The lowest BCUT2D eigenvalue weighted by atomic mass is 10.2. The topological polar surface area (TPSA) is 94.1 Å². The number of phenolic OH excluding ortho intramolecular Hbond substituents is 1. The number of hydrogen-bond acceptors (Lipinski definition) is 6. The minimum Gasteiger partial charge on any atom is -0.508 e. The average molecular weight is 331 g/mol. The van der Waals surface area contributed by atoms with E-state index in [2.05, 4.69) is 5.32 Å². The van der Waals surface area contributed by atoms with Crippen molar-refractivity contribution >= 4 is 17.6 Å². The first-order valence-corrected chi connectivity index (χ1v) is 7.01. The molecule has 1 amide bonds. The molecular weight excluding hydrogens is 314 g/mol. The molecule has 0 bridgehead atoms. The SMILES string of the molecule is COc1ccc(NC(=O)COC(=O)c2cccc(O)c2)c(OC)c1. The first-order chi connectivity index (χ1) is 11.5. The Labute approximate surface area is 138 Å². The first kappa shape index (κ1) is 17.1. The molecule has 0 aliphatic heterocycles. The Bertz CT molecular complexity index is 744. The number of amides is 1. The Hall–Kier alpha value is -3.22. The van der Waals surface area contributed by atoms with E-state index in [1.54, 1.807) is 18.2 Å². The molecule has 7 heteroatoms. The fourth-order valence-electron chi connectivity index (χ4n) is 1.94. The predicted octanol–water partition coefficient (Wildman–Crippen LogP) is 2.20. The van der Waals surface area contributed by atoms with Gasteiger partial charge in [0.1, 0.15) is 17.2 Å². The molecule has 0 heterocycles. The van der Waals surface area contributed by atoms with Gasteiger partial charge >= 0.3 is 5.97 Å². The van der Waals surface area contributed by atoms with E-state index in [9.17, 15) is 14.7 Å². The maximum atomic E-state index is 11.9. The van der Waals surface area contributed by atoms with E-state index in [4.69, 9.17) is 14.2 Å². The number of anilines is 1. The highest BCUT2D eigenvalue weighted by atomic mass is 16.5. The molecule has 0 aliphatic rings. The number of methoxy groups -OCH3 is 2. The van der Waals surface area contributed by atoms with Crippen LogP contribution >= 0.6 is 0 Å². The molecule has 2 rings (SSSR count). The highest BCUT2D eigenvalue weighted by molar-refractivity contribution is 5.96. The van der Waals surface area contributed by atoms with E-state index in [1.165, 1.54) is 38.5 Å². The summed E-state index contributed by atoms with van der Waals surface area (Å²) in [4.78, 5) is 23.7. The molecule has 0 spiro atoms. The van der Waals surface area contributed by atoms with Gasteiger partial charge < -0.3 is 24.6 Å². The minimum absolute atomic E-state index is 0.0585. The number of ether oxygens (including phenoxy) is 3. The molecule has 7 nitrogen and oxygen atoms in total. The Balaban J connectivity index is 1.95. The molecule has 24 heavy (non-hydrogen) atoms. The van der Waals surface area contributed by atoms with Crippen molar-refractivity contribution in [1.82, 2.24) is 0 Å². The van der Waals surface area contributed by atoms with E-state index in [1.807, 2.05) is 0 Å². The summed E-state index contributed by atoms with van der Waals surface area (Å²) in [6.45, 7) is -0.469. The van der Waals surface area contributed by atoms with Crippen molar-refractivity contribution in [2.45, 2.75) is 0 Å². The van der Waals surface area contributed by atoms with E-state index in [0.717, 1.165) is 0 Å². The quantitative estimate of drug-likeness (QED) is 0.788. The molecule has 2 aromatic rings. The zero-order chi connectivity index (χ0) is 17.5. The Morgan fingerprint density at radius 3 is 2.54 bits per heavy atom. The van der Waals surface area contributed by atoms with Crippen LogP contribution in [0.5, 0.6) is 17.2 Å². The van der Waals surface area contributed by atoms with Gasteiger partial charge in [0.2, 0.25) is 0 Å². The van der Waals surface area contributed by atoms with Gasteiger partial charge in [-0.15, -0.1) is 0 Å². The summed E-state index contributed by atoms with van der Waals surface area (Å²) >= 11 is 0. The van der Waals surface area contributed by atoms with Crippen molar-refractivity contribution in [1.29, 1.82) is 0 Å². The molecule has 126 valence electrons. The van der Waals surface area contributed by atoms with Crippen molar-refractivity contribution in [3.05, 3.63) is 48.0 Å². The standard InChI is InChI=1S/C17H17NO6/c1-22-13-6-7-14(15(9-13)23-2)18-16(20)10-24-17(21)11-4-3-5-12(19)8-11/h3-9,19H,10H2,1-2H3,(H,18,20). The molecule has 0 atom stereocenters. The fourth-order valence-corrected chi connectivity index (χ4v) is 1.94. The second-order valence-electron chi connectivity index (χ2n) is 4.74. The van der Waals surface area contributed by atoms with Gasteiger partial charge in [-0.3, -0.25) is 4.79 Å². The number of hydrogen-bond donors (Lipinski definition) is 2. The van der Waals surface area contributed by atoms with Crippen LogP contribution < -0.4 is 14.8 Å². The normalized spacial score (nSPS) is 9.92. The van der Waals surface area contributed by atoms with Crippen LogP contribution in [0.2, 0.25) is 0 Å². The second-order valence-corrected chi connectivity index (χ2v) is 4.74. The number of aromatic hydroxyl groups is 1. The number of rotatable bonds is 6. The lowest BCUT2D eigenvalue weighted by Gasteiger charge is -2.11. The van der Waals surface area contributed by atoms with E-state index in [0.29, 0.717) is 17.2 Å². The van der Waals surface area contributed by atoms with Crippen LogP contribution in [0.1, 0.15) is 10.4 Å². The van der Waals surface area contributed by atoms with Gasteiger partial charge in [-0.05, 0) is 30.3 Å². The van der Waals surface area contributed by atoms with Gasteiger partial charge in [-0.25, -0.2) is 4.79 Å². The summed E-state index contributed by atoms with van der Waals surface area (Å²) in [6.07, 6.45) is 0. The number of carbonyl (C=O) groups is 2. The number of nitrogens with one attached hydrogen (secondary N) is 1. The molecule has 0 saturated carbocycles. The zero-order valence-corrected chi connectivity index (χ0v) is 13.2. The smallest absolute Gasteiger partial charge is 0.338 e. The molecule has 0 fully saturated rings. The van der Waals surface area contributed by atoms with Crippen molar-refractivity contribution in [2.24, 2.45) is 0 Å². The number of benzene rings is 2. The molecule has 0 aliphatic carbocycles. The summed E-state index contributed by atoms with van der Waals surface area (Å²) in [5.41, 5.74) is 0.585. The Morgan fingerprint density at radius 1 is 1.08 bits per heavy atom. The van der Waals surface area contributed by atoms with Crippen molar-refractivity contribution < 1.29 is 28.9 Å². The molecule has 2 aromatic carbocycles. The van der Waals surface area contributed by atoms with Gasteiger partial charge in [-0.2, -0.15) is 0 Å². The highest BCUT2D eigenvalue weighted by Crippen LogP contribution is 2.28. The minimum atomic E-state index is -0.706. The first-order valence-electron chi connectivity index (χ1n) is 7.01. The van der Waals surface area contributed by atoms with Crippen molar-refractivity contribution in [2.75, 3.05) is 26.1 Å². The van der Waals surface area contributed by atoms with Crippen LogP contribution in [-0.4, -0.2) is 37.8 Å². The fraction of sp³-hybridized carbons (Fsp3) is 0.176. The Kier molecular flexibility index (Phi) is 5.62. The van der Waals surface area contributed by atoms with Gasteiger partial charge in [0.05, 0.1) is 25.5 Å². The lowest BCUT2D eigenvalue weighted by Crippen LogP contribution is -2.21. The summed E-state index contributed by atoms with van der Waals surface area (Å²) < 4.78 is 15.1. The largest absolute Gasteiger partial charge is 0.508 e. The summed E-state index contributed by atoms with van der Waals surface area (Å²) in [5.74, 6) is -0.284. The summed E-state index contributed by atoms with van der Waals surface area (Å²) in [6, 6.07) is 10.6. The molecular formula is C17H17NO6. The predicted molar refractivity (Wildman–Crippen MR) is 86.6 cm³/mol.